The van der Waals surface area contributed by atoms with Crippen LogP contribution in [0.4, 0.5) is 17.6 Å². The number of nitriles is 1. The molecule has 0 bridgehead atoms. The second-order valence-corrected chi connectivity index (χ2v) is 15.5. The lowest BCUT2D eigenvalue weighted by Gasteiger charge is -2.10. The van der Waals surface area contributed by atoms with E-state index >= 15 is 0 Å². The van der Waals surface area contributed by atoms with Crippen molar-refractivity contribution in [3.05, 3.63) is 58.8 Å². The lowest BCUT2D eigenvalue weighted by atomic mass is 10.3. The Bertz CT molecular complexity index is 2820. The van der Waals surface area contributed by atoms with Crippen LogP contribution in [-0.4, -0.2) is 75.2 Å². The molecule has 26 heteroatoms. The summed E-state index contributed by atoms with van der Waals surface area (Å²) in [6, 6.07) is 6.00. The molecule has 0 spiro atoms. The van der Waals surface area contributed by atoms with Gasteiger partial charge in [-0.05, 0) is 40.2 Å². The molecule has 0 saturated carbocycles. The number of hydrogen-bond acceptors (Lipinski definition) is 18. The Morgan fingerprint density at radius 3 is 1.54 bits per heavy atom. The van der Waals surface area contributed by atoms with Crippen LogP contribution >= 0.6 is 24.4 Å². The molecule has 0 atom stereocenters. The van der Waals surface area contributed by atoms with Crippen molar-refractivity contribution in [2.75, 3.05) is 12.5 Å². The van der Waals surface area contributed by atoms with Gasteiger partial charge in [0.15, 0.2) is 50.1 Å². The molecule has 18 nitrogen and oxygen atoms in total. The Kier molecular flexibility index (Phi) is 9.96. The van der Waals surface area contributed by atoms with E-state index in [0.29, 0.717) is 3.97 Å². The van der Waals surface area contributed by atoms with E-state index in [1.807, 2.05) is 0 Å². The van der Waals surface area contributed by atoms with Crippen LogP contribution in [0.25, 0.3) is 22.1 Å². The highest BCUT2D eigenvalue weighted by Gasteiger charge is 2.46. The average molecular weight is 861 g/mol. The number of thioether (sulfide) groups is 1. The second-order valence-electron chi connectivity index (χ2n) is 11.3. The summed E-state index contributed by atoms with van der Waals surface area (Å²) in [6.45, 7) is 5.70. The second kappa shape index (κ2) is 13.9. The molecule has 6 aromatic rings. The quantitative estimate of drug-likeness (QED) is 0.0940. The summed E-state index contributed by atoms with van der Waals surface area (Å²) >= 11 is 4.50. The third-order valence-electron chi connectivity index (χ3n) is 7.71. The minimum absolute atomic E-state index is 0.0144. The molecule has 0 saturated heterocycles. The van der Waals surface area contributed by atoms with E-state index in [-0.39, 0.29) is 88.6 Å². The number of hydrogen-bond donors (Lipinski definition) is 2. The number of nitrogens with one attached hydrogen (secondary N) is 1. The largest absolute Gasteiger partial charge is 0.586 e. The highest BCUT2D eigenvalue weighted by Crippen LogP contribution is 2.45. The average Bonchev–Trinajstić information content (AvgIpc) is 3.95. The van der Waals surface area contributed by atoms with Gasteiger partial charge in [0.25, 0.3) is 20.0 Å². The summed E-state index contributed by atoms with van der Waals surface area (Å²) in [6.07, 6.45) is -4.45. The molecule has 8 rings (SSSR count). The van der Waals surface area contributed by atoms with Gasteiger partial charge in [-0.2, -0.15) is 17.9 Å². The first-order valence-corrected chi connectivity index (χ1v) is 20.2. The van der Waals surface area contributed by atoms with Gasteiger partial charge in [-0.1, -0.05) is 10.3 Å². The maximum absolute atomic E-state index is 13.4. The van der Waals surface area contributed by atoms with E-state index in [9.17, 15) is 39.7 Å². The Morgan fingerprint density at radius 1 is 0.750 bits per heavy atom. The standard InChI is InChI=1S/C15H12F2N4O5S2.C14H8F2N4O5S.CH4S/c1-6-12(7(2)26-20-6)28(22,23)21-9-5-11-10(24-15(16,17)25-11)4-8(9)19-14(21)13(18)27-3;1-6-13(7(2)25-19-6)26(21,22)20-9-4-11-10(23-14(15,16)24-11)3-8(9)18-12(20)5-17;1-2/h4-5,18H,1-3H3;3-4H,1-2H3;2H,1H3. The number of rotatable bonds is 5. The van der Waals surface area contributed by atoms with Gasteiger partial charge in [0.1, 0.15) is 22.5 Å². The zero-order valence-corrected chi connectivity index (χ0v) is 32.6. The lowest BCUT2D eigenvalue weighted by molar-refractivity contribution is -0.287. The van der Waals surface area contributed by atoms with E-state index in [1.165, 1.54) is 27.7 Å². The Morgan fingerprint density at radius 2 is 1.14 bits per heavy atom. The predicted molar refractivity (Wildman–Crippen MR) is 189 cm³/mol. The van der Waals surface area contributed by atoms with Gasteiger partial charge in [0, 0.05) is 24.3 Å². The number of nitrogens with zero attached hydrogens (tertiary/aromatic N) is 7. The number of aryl methyl sites for hydroxylation is 4. The molecule has 6 heterocycles. The summed E-state index contributed by atoms with van der Waals surface area (Å²) in [5.41, 5.74) is 0.0466. The van der Waals surface area contributed by atoms with E-state index in [0.717, 1.165) is 40.0 Å². The van der Waals surface area contributed by atoms with Crippen molar-refractivity contribution < 1.29 is 62.4 Å². The molecule has 2 aliphatic heterocycles. The van der Waals surface area contributed by atoms with Gasteiger partial charge >= 0.3 is 12.6 Å². The maximum Gasteiger partial charge on any atom is 0.586 e. The van der Waals surface area contributed by atoms with Crippen LogP contribution in [-0.2, 0) is 20.0 Å². The topological polar surface area (TPSA) is 241 Å². The third-order valence-corrected chi connectivity index (χ3v) is 12.2. The predicted octanol–water partition coefficient (Wildman–Crippen LogP) is 5.51. The molecule has 0 unspecified atom stereocenters. The van der Waals surface area contributed by atoms with Gasteiger partial charge in [-0.15, -0.1) is 29.3 Å². The number of benzene rings is 2. The van der Waals surface area contributed by atoms with E-state index in [2.05, 4.69) is 51.9 Å². The molecule has 4 aromatic heterocycles. The van der Waals surface area contributed by atoms with Crippen molar-refractivity contribution in [2.45, 2.75) is 50.1 Å². The number of alkyl halides is 4. The van der Waals surface area contributed by atoms with E-state index in [4.69, 9.17) is 14.5 Å². The van der Waals surface area contributed by atoms with Crippen LogP contribution in [0.5, 0.6) is 23.0 Å². The number of fused-ring (bicyclic) bond motifs is 4. The molecular formula is C30H24F4N8O10S4. The van der Waals surface area contributed by atoms with Gasteiger partial charge in [0.2, 0.25) is 5.82 Å². The van der Waals surface area contributed by atoms with Gasteiger partial charge in [-0.3, -0.25) is 5.41 Å². The molecule has 0 amide bonds. The molecule has 0 fully saturated rings. The molecular weight excluding hydrogens is 837 g/mol. The van der Waals surface area contributed by atoms with Gasteiger partial charge < -0.3 is 28.0 Å². The SMILES string of the molecule is CS.CSC(=N)c1nc2cc3c(cc2n1S(=O)(=O)c1c(C)noc1C)OC(F)(F)O3.Cc1noc(C)c1S(=O)(=O)n1c(C#N)nc2cc3c(cc21)OC(F)(F)O3. The third kappa shape index (κ3) is 6.62. The molecule has 0 radical (unpaired) electrons. The van der Waals surface area contributed by atoms with Gasteiger partial charge in [-0.25, -0.2) is 34.7 Å². The Hall–Kier alpha value is -5.52. The fourth-order valence-corrected chi connectivity index (χ4v) is 9.51. The molecule has 56 heavy (non-hydrogen) atoms. The van der Waals surface area contributed by atoms with E-state index < -0.39 is 38.5 Å². The Labute approximate surface area is 322 Å². The fourth-order valence-electron chi connectivity index (χ4n) is 5.66. The molecule has 1 N–H and O–H groups in total. The fraction of sp³-hybridized carbons (Fsp3) is 0.267. The smallest absolute Gasteiger partial charge is 0.395 e. The highest BCUT2D eigenvalue weighted by atomic mass is 32.2. The van der Waals surface area contributed by atoms with Crippen LogP contribution in [0.2, 0.25) is 0 Å². The van der Waals surface area contributed by atoms with Crippen molar-refractivity contribution in [3.8, 4) is 29.1 Å². The number of ether oxygens (including phenoxy) is 4. The van der Waals surface area contributed by atoms with Crippen LogP contribution in [0.1, 0.15) is 34.6 Å². The zero-order valence-electron chi connectivity index (χ0n) is 29.2. The van der Waals surface area contributed by atoms with Crippen LogP contribution < -0.4 is 18.9 Å². The lowest BCUT2D eigenvalue weighted by Crippen LogP contribution is -2.26. The van der Waals surface area contributed by atoms with Crippen molar-refractivity contribution in [1.29, 1.82) is 10.7 Å². The summed E-state index contributed by atoms with van der Waals surface area (Å²) in [7, 11) is -8.65. The summed E-state index contributed by atoms with van der Waals surface area (Å²) in [5, 5.41) is 24.5. The summed E-state index contributed by atoms with van der Waals surface area (Å²) in [5.74, 6) is -1.88. The first-order valence-electron chi connectivity index (χ1n) is 15.2. The summed E-state index contributed by atoms with van der Waals surface area (Å²) < 4.78 is 135. The minimum atomic E-state index is -4.34. The Balaban J connectivity index is 0.000000182. The molecule has 2 aromatic carbocycles. The van der Waals surface area contributed by atoms with Crippen molar-refractivity contribution in [3.63, 3.8) is 0 Å². The monoisotopic (exact) mass is 860 g/mol. The zero-order chi connectivity index (χ0) is 41.3. The molecule has 2 aliphatic rings. The number of thiol groups is 1. The summed E-state index contributed by atoms with van der Waals surface area (Å²) in [4.78, 5) is 7.60. The molecule has 0 aliphatic carbocycles. The van der Waals surface area contributed by atoms with Crippen molar-refractivity contribution in [2.24, 2.45) is 0 Å². The first-order chi connectivity index (χ1) is 26.2. The number of halogens is 4. The van der Waals surface area contributed by atoms with Crippen LogP contribution in [0.3, 0.4) is 0 Å². The normalized spacial score (nSPS) is 14.9. The van der Waals surface area contributed by atoms with Crippen LogP contribution in [0.15, 0.2) is 43.1 Å². The van der Waals surface area contributed by atoms with Crippen LogP contribution in [0, 0.1) is 44.4 Å². The number of imidazole rings is 2. The molecule has 296 valence electrons. The maximum atomic E-state index is 13.4. The van der Waals surface area contributed by atoms with Crippen molar-refractivity contribution >= 4 is 71.5 Å². The van der Waals surface area contributed by atoms with Crippen molar-refractivity contribution in [1.82, 2.24) is 28.2 Å². The first kappa shape index (κ1) is 40.2. The highest BCUT2D eigenvalue weighted by molar-refractivity contribution is 8.13. The van der Waals surface area contributed by atoms with Gasteiger partial charge in [0.05, 0.1) is 22.1 Å². The minimum Gasteiger partial charge on any atom is -0.395 e. The number of aromatic nitrogens is 6. The van der Waals surface area contributed by atoms with E-state index in [1.54, 1.807) is 18.6 Å².